The van der Waals surface area contributed by atoms with Crippen LogP contribution in [0.2, 0.25) is 0 Å². The maximum atomic E-state index is 13.4. The Morgan fingerprint density at radius 2 is 1.80 bits per heavy atom. The molecule has 2 atom stereocenters. The van der Waals surface area contributed by atoms with Crippen LogP contribution < -0.4 is 5.32 Å². The fourth-order valence-electron chi connectivity index (χ4n) is 3.52. The van der Waals surface area contributed by atoms with Gasteiger partial charge in [0.1, 0.15) is 11.4 Å². The average molecular weight is 421 g/mol. The van der Waals surface area contributed by atoms with Crippen molar-refractivity contribution in [2.24, 2.45) is 0 Å². The van der Waals surface area contributed by atoms with E-state index >= 15 is 0 Å². The largest absolute Gasteiger partial charge is 0.472 e. The topological polar surface area (TPSA) is 62.6 Å². The van der Waals surface area contributed by atoms with Crippen LogP contribution in [-0.2, 0) is 4.79 Å². The minimum Gasteiger partial charge on any atom is -0.472 e. The maximum absolute atomic E-state index is 13.4. The van der Waals surface area contributed by atoms with Gasteiger partial charge >= 0.3 is 0 Å². The molecule has 2 aromatic carbocycles. The molecule has 1 saturated heterocycles. The number of benzene rings is 2. The molecule has 1 fully saturated rings. The van der Waals surface area contributed by atoms with Gasteiger partial charge in [-0.2, -0.15) is 0 Å². The minimum atomic E-state index is -0.578. The number of nitrogens with zero attached hydrogens (tertiary/aromatic N) is 1. The molecule has 2 heterocycles. The van der Waals surface area contributed by atoms with Crippen molar-refractivity contribution in [1.29, 1.82) is 0 Å². The number of rotatable bonds is 4. The fourth-order valence-corrected chi connectivity index (χ4v) is 4.93. The summed E-state index contributed by atoms with van der Waals surface area (Å²) in [6.45, 7) is 6.03. The Morgan fingerprint density at radius 1 is 1.03 bits per heavy atom. The van der Waals surface area contributed by atoms with Crippen LogP contribution in [0.3, 0.4) is 0 Å². The minimum absolute atomic E-state index is 0.161. The van der Waals surface area contributed by atoms with Crippen LogP contribution >= 0.6 is 11.8 Å². The standard InChI is InChI=1S/C24H24N2O3S/c1-15-4-7-18(8-5-15)23(28)26-21(14-30-24(26)19-10-11-29-13-19)22(27)25-20-9-6-16(2)17(3)12-20/h4-13,21,24H,14H2,1-3H3,(H,25,27). The molecule has 30 heavy (non-hydrogen) atoms. The van der Waals surface area contributed by atoms with Gasteiger partial charge in [0.2, 0.25) is 5.91 Å². The summed E-state index contributed by atoms with van der Waals surface area (Å²) in [5.74, 6) is 0.174. The van der Waals surface area contributed by atoms with Gasteiger partial charge in [0, 0.05) is 22.6 Å². The number of anilines is 1. The lowest BCUT2D eigenvalue weighted by Gasteiger charge is -2.28. The number of thioether (sulfide) groups is 1. The van der Waals surface area contributed by atoms with Crippen LogP contribution in [0.5, 0.6) is 0 Å². The van der Waals surface area contributed by atoms with Gasteiger partial charge in [-0.15, -0.1) is 11.8 Å². The number of carbonyl (C=O) groups excluding carboxylic acids is 2. The van der Waals surface area contributed by atoms with Gasteiger partial charge in [-0.3, -0.25) is 9.59 Å². The van der Waals surface area contributed by atoms with Crippen molar-refractivity contribution < 1.29 is 14.0 Å². The summed E-state index contributed by atoms with van der Waals surface area (Å²) in [7, 11) is 0. The van der Waals surface area contributed by atoms with E-state index in [0.29, 0.717) is 11.3 Å². The average Bonchev–Trinajstić information content (AvgIpc) is 3.40. The summed E-state index contributed by atoms with van der Waals surface area (Å²) >= 11 is 1.57. The molecule has 4 rings (SSSR count). The Bertz CT molecular complexity index is 1060. The normalized spacial score (nSPS) is 18.4. The van der Waals surface area contributed by atoms with E-state index in [9.17, 15) is 9.59 Å². The van der Waals surface area contributed by atoms with E-state index in [1.165, 1.54) is 5.56 Å². The van der Waals surface area contributed by atoms with Crippen LogP contribution in [0, 0.1) is 20.8 Å². The van der Waals surface area contributed by atoms with Crippen molar-refractivity contribution in [3.63, 3.8) is 0 Å². The molecule has 3 aromatic rings. The fraction of sp³-hybridized carbons (Fsp3) is 0.250. The summed E-state index contributed by atoms with van der Waals surface area (Å²) < 4.78 is 5.24. The van der Waals surface area contributed by atoms with Crippen molar-refractivity contribution in [2.45, 2.75) is 32.2 Å². The third-order valence-corrected chi connectivity index (χ3v) is 6.76. The van der Waals surface area contributed by atoms with Crippen molar-refractivity contribution >= 4 is 29.3 Å². The van der Waals surface area contributed by atoms with Crippen molar-refractivity contribution in [3.8, 4) is 0 Å². The SMILES string of the molecule is Cc1ccc(C(=O)N2C(C(=O)Nc3ccc(C)c(C)c3)CSC2c2ccoc2)cc1. The van der Waals surface area contributed by atoms with Crippen LogP contribution in [0.4, 0.5) is 5.69 Å². The summed E-state index contributed by atoms with van der Waals surface area (Å²) in [6, 6.07) is 14.5. The van der Waals surface area contributed by atoms with Gasteiger partial charge in [-0.1, -0.05) is 23.8 Å². The van der Waals surface area contributed by atoms with E-state index in [0.717, 1.165) is 22.4 Å². The van der Waals surface area contributed by atoms with E-state index in [-0.39, 0.29) is 17.2 Å². The Balaban J connectivity index is 1.63. The molecular formula is C24H24N2O3S. The highest BCUT2D eigenvalue weighted by atomic mass is 32.2. The first kappa shape index (κ1) is 20.3. The number of amides is 2. The van der Waals surface area contributed by atoms with E-state index in [2.05, 4.69) is 5.32 Å². The van der Waals surface area contributed by atoms with Gasteiger partial charge in [-0.05, 0) is 62.2 Å². The summed E-state index contributed by atoms with van der Waals surface area (Å²) in [5, 5.41) is 2.72. The summed E-state index contributed by atoms with van der Waals surface area (Å²) in [4.78, 5) is 28.3. The quantitative estimate of drug-likeness (QED) is 0.638. The molecule has 0 spiro atoms. The third-order valence-electron chi connectivity index (χ3n) is 5.44. The Morgan fingerprint density at radius 3 is 2.47 bits per heavy atom. The van der Waals surface area contributed by atoms with Gasteiger partial charge in [0.05, 0.1) is 12.5 Å². The highest BCUT2D eigenvalue weighted by molar-refractivity contribution is 7.99. The Kier molecular flexibility index (Phi) is 5.68. The van der Waals surface area contributed by atoms with Gasteiger partial charge < -0.3 is 14.6 Å². The molecule has 1 aromatic heterocycles. The zero-order valence-corrected chi connectivity index (χ0v) is 18.0. The zero-order chi connectivity index (χ0) is 21.3. The lowest BCUT2D eigenvalue weighted by atomic mass is 10.1. The number of aryl methyl sites for hydroxylation is 3. The van der Waals surface area contributed by atoms with E-state index in [1.54, 1.807) is 29.2 Å². The number of hydrogen-bond donors (Lipinski definition) is 1. The number of carbonyl (C=O) groups is 2. The van der Waals surface area contributed by atoms with Crippen molar-refractivity contribution in [2.75, 3.05) is 11.1 Å². The molecule has 1 aliphatic rings. The monoisotopic (exact) mass is 420 g/mol. The molecule has 2 amide bonds. The molecule has 2 unspecified atom stereocenters. The van der Waals surface area contributed by atoms with E-state index in [4.69, 9.17) is 4.42 Å². The zero-order valence-electron chi connectivity index (χ0n) is 17.2. The maximum Gasteiger partial charge on any atom is 0.255 e. The molecule has 154 valence electrons. The van der Waals surface area contributed by atoms with Crippen LogP contribution in [-0.4, -0.2) is 28.5 Å². The van der Waals surface area contributed by atoms with Crippen molar-refractivity contribution in [3.05, 3.63) is 88.9 Å². The molecule has 0 saturated carbocycles. The first-order valence-electron chi connectivity index (χ1n) is 9.85. The second-order valence-electron chi connectivity index (χ2n) is 7.62. The lowest BCUT2D eigenvalue weighted by Crippen LogP contribution is -2.45. The van der Waals surface area contributed by atoms with Gasteiger partial charge in [-0.25, -0.2) is 0 Å². The van der Waals surface area contributed by atoms with Crippen molar-refractivity contribution in [1.82, 2.24) is 4.90 Å². The van der Waals surface area contributed by atoms with Crippen LogP contribution in [0.25, 0.3) is 0 Å². The molecule has 0 bridgehead atoms. The molecule has 1 N–H and O–H groups in total. The molecular weight excluding hydrogens is 396 g/mol. The highest BCUT2D eigenvalue weighted by Crippen LogP contribution is 2.42. The smallest absolute Gasteiger partial charge is 0.255 e. The second kappa shape index (κ2) is 8.40. The predicted octanol–water partition coefficient (Wildman–Crippen LogP) is 5.10. The number of hydrogen-bond acceptors (Lipinski definition) is 4. The van der Waals surface area contributed by atoms with Gasteiger partial charge in [0.15, 0.2) is 0 Å². The third kappa shape index (κ3) is 4.00. The second-order valence-corrected chi connectivity index (χ2v) is 8.74. The van der Waals surface area contributed by atoms with Crippen LogP contribution in [0.15, 0.2) is 65.5 Å². The van der Waals surface area contributed by atoms with Gasteiger partial charge in [0.25, 0.3) is 5.91 Å². The Hall–Kier alpha value is -2.99. The lowest BCUT2D eigenvalue weighted by molar-refractivity contribution is -0.119. The molecule has 0 radical (unpaired) electrons. The highest BCUT2D eigenvalue weighted by Gasteiger charge is 2.43. The number of nitrogens with one attached hydrogen (secondary N) is 1. The molecule has 6 heteroatoms. The van der Waals surface area contributed by atoms with E-state index < -0.39 is 6.04 Å². The first-order valence-corrected chi connectivity index (χ1v) is 10.9. The number of furan rings is 1. The molecule has 1 aliphatic heterocycles. The van der Waals surface area contributed by atoms with E-state index in [1.807, 2.05) is 69.3 Å². The molecule has 5 nitrogen and oxygen atoms in total. The van der Waals surface area contributed by atoms with Crippen LogP contribution in [0.1, 0.15) is 38.0 Å². The summed E-state index contributed by atoms with van der Waals surface area (Å²) in [5.41, 5.74) is 5.54. The predicted molar refractivity (Wildman–Crippen MR) is 120 cm³/mol. The Labute approximate surface area is 180 Å². The first-order chi connectivity index (χ1) is 14.4. The molecule has 0 aliphatic carbocycles. The summed E-state index contributed by atoms with van der Waals surface area (Å²) in [6.07, 6.45) is 3.23.